The van der Waals surface area contributed by atoms with Crippen molar-refractivity contribution in [2.24, 2.45) is 0 Å². The van der Waals surface area contributed by atoms with E-state index in [0.29, 0.717) is 0 Å². The van der Waals surface area contributed by atoms with Crippen molar-refractivity contribution in [2.75, 3.05) is 9.80 Å². The normalized spacial score (nSPS) is 11.9. The van der Waals surface area contributed by atoms with E-state index in [0.717, 1.165) is 72.6 Å². The fourth-order valence-corrected chi connectivity index (χ4v) is 11.9. The Morgan fingerprint density at radius 1 is 0.300 bits per heavy atom. The number of hydrogen-bond donors (Lipinski definition) is 0. The van der Waals surface area contributed by atoms with Crippen LogP contribution in [0.1, 0.15) is 0 Å². The van der Waals surface area contributed by atoms with E-state index in [2.05, 4.69) is 259 Å². The Kier molecular flexibility index (Phi) is 9.46. The van der Waals surface area contributed by atoms with Gasteiger partial charge in [0.15, 0.2) is 5.58 Å². The van der Waals surface area contributed by atoms with Gasteiger partial charge in [0, 0.05) is 54.3 Å². The van der Waals surface area contributed by atoms with Crippen molar-refractivity contribution in [2.45, 2.75) is 9.79 Å². The summed E-state index contributed by atoms with van der Waals surface area (Å²) >= 11 is 1.87. The summed E-state index contributed by atoms with van der Waals surface area (Å²) in [6, 6.07) is 92.3. The fraction of sp³-hybridized carbons (Fsp3) is 0. The van der Waals surface area contributed by atoms with Crippen LogP contribution in [0, 0.1) is 0 Å². The average Bonchev–Trinajstić information content (AvgIpc) is 3.81. The predicted molar refractivity (Wildman–Crippen MR) is 296 cm³/mol. The molecular formula is C66H42N2OS. The lowest BCUT2D eigenvalue weighted by Crippen LogP contribution is -2.11. The van der Waals surface area contributed by atoms with Crippen LogP contribution in [0.15, 0.2) is 269 Å². The molecule has 0 fully saturated rings. The highest BCUT2D eigenvalue weighted by Crippen LogP contribution is 2.52. The molecule has 1 aromatic heterocycles. The maximum absolute atomic E-state index is 6.70. The minimum atomic E-state index is 0.863. The lowest BCUT2D eigenvalue weighted by Gasteiger charge is -2.28. The van der Waals surface area contributed by atoms with Gasteiger partial charge >= 0.3 is 0 Å². The fourth-order valence-electron chi connectivity index (χ4n) is 10.7. The van der Waals surface area contributed by atoms with Crippen LogP contribution in [0.4, 0.5) is 34.1 Å². The van der Waals surface area contributed by atoms with Crippen molar-refractivity contribution in [3.63, 3.8) is 0 Å². The molecule has 13 aromatic rings. The standard InChI is InChI=1S/C66H42N2OS/c1-4-16-43(17-5-1)53-22-10-12-26-60(53)68(61-27-14-25-57-54-23-11-13-28-62(54)69-66(57)61)51-35-34-45-38-44(30-31-46(45)39-51)47-32-33-48-41-59-55-37-36-52(67(49-18-6-2-7-19-49)50-20-8-3-9-21-50)42-64(55)70-63-29-15-24-56(65(59)63)58(48)40-47/h1-42H. The molecule has 0 radical (unpaired) electrons. The molecule has 4 heteroatoms. The van der Waals surface area contributed by atoms with Crippen LogP contribution in [0.3, 0.4) is 0 Å². The number of anilines is 6. The van der Waals surface area contributed by atoms with Gasteiger partial charge in [0.25, 0.3) is 0 Å². The van der Waals surface area contributed by atoms with Gasteiger partial charge in [0.2, 0.25) is 0 Å². The van der Waals surface area contributed by atoms with Crippen LogP contribution >= 0.6 is 11.8 Å². The van der Waals surface area contributed by atoms with E-state index in [9.17, 15) is 0 Å². The van der Waals surface area contributed by atoms with Gasteiger partial charge in [-0.3, -0.25) is 0 Å². The Balaban J connectivity index is 0.852. The Morgan fingerprint density at radius 2 is 0.914 bits per heavy atom. The molecule has 0 amide bonds. The quantitative estimate of drug-likeness (QED) is 0.141. The molecule has 2 heterocycles. The second-order valence-corrected chi connectivity index (χ2v) is 19.1. The summed E-state index contributed by atoms with van der Waals surface area (Å²) in [5.74, 6) is 0. The van der Waals surface area contributed by atoms with Crippen LogP contribution in [0.2, 0.25) is 0 Å². The third-order valence-corrected chi connectivity index (χ3v) is 15.1. The summed E-state index contributed by atoms with van der Waals surface area (Å²) in [6.07, 6.45) is 0. The van der Waals surface area contributed by atoms with Crippen LogP contribution in [0.5, 0.6) is 0 Å². The number of furan rings is 1. The van der Waals surface area contributed by atoms with Crippen molar-refractivity contribution in [1.82, 2.24) is 0 Å². The maximum atomic E-state index is 6.70. The van der Waals surface area contributed by atoms with Crippen LogP contribution in [-0.2, 0) is 0 Å². The second kappa shape index (κ2) is 16.4. The molecular weight excluding hydrogens is 869 g/mol. The smallest absolute Gasteiger partial charge is 0.159 e. The Hall–Kier alpha value is -8.83. The first-order valence-electron chi connectivity index (χ1n) is 23.8. The van der Waals surface area contributed by atoms with Gasteiger partial charge in [-0.15, -0.1) is 0 Å². The summed E-state index contributed by atoms with van der Waals surface area (Å²) in [7, 11) is 0. The van der Waals surface area contributed by atoms with Gasteiger partial charge in [-0.2, -0.15) is 0 Å². The first-order chi connectivity index (χ1) is 34.7. The van der Waals surface area contributed by atoms with Gasteiger partial charge in [0.05, 0.1) is 11.4 Å². The van der Waals surface area contributed by atoms with E-state index >= 15 is 0 Å². The number of rotatable bonds is 8. The monoisotopic (exact) mass is 910 g/mol. The SMILES string of the molecule is c1ccc(-c2ccccc2N(c2ccc3cc(-c4ccc5cc6c7c(cccc7c5c4)Sc4cc(N(c5ccccc5)c5ccccc5)ccc4-6)ccc3c2)c2cccc3c2oc2ccccc23)cc1. The number of nitrogens with zero attached hydrogens (tertiary/aromatic N) is 2. The van der Waals surface area contributed by atoms with Gasteiger partial charge in [0.1, 0.15) is 5.58 Å². The molecule has 1 aliphatic rings. The molecule has 3 nitrogen and oxygen atoms in total. The number of hydrogen-bond acceptors (Lipinski definition) is 4. The topological polar surface area (TPSA) is 19.6 Å². The molecule has 0 atom stereocenters. The maximum Gasteiger partial charge on any atom is 0.159 e. The molecule has 328 valence electrons. The molecule has 0 aliphatic carbocycles. The first-order valence-corrected chi connectivity index (χ1v) is 24.6. The Morgan fingerprint density at radius 3 is 1.74 bits per heavy atom. The first kappa shape index (κ1) is 40.3. The van der Waals surface area contributed by atoms with E-state index in [1.165, 1.54) is 59.0 Å². The molecule has 12 aromatic carbocycles. The summed E-state index contributed by atoms with van der Waals surface area (Å²) in [5.41, 5.74) is 15.5. The molecule has 0 N–H and O–H groups in total. The van der Waals surface area contributed by atoms with E-state index < -0.39 is 0 Å². The zero-order valence-electron chi connectivity index (χ0n) is 38.0. The van der Waals surface area contributed by atoms with Gasteiger partial charge < -0.3 is 14.2 Å². The largest absolute Gasteiger partial charge is 0.454 e. The molecule has 0 unspecified atom stereocenters. The van der Waals surface area contributed by atoms with Gasteiger partial charge in [-0.25, -0.2) is 0 Å². The minimum Gasteiger partial charge on any atom is -0.454 e. The zero-order valence-corrected chi connectivity index (χ0v) is 38.8. The molecule has 0 saturated carbocycles. The zero-order chi connectivity index (χ0) is 46.1. The average molecular weight is 911 g/mol. The molecule has 70 heavy (non-hydrogen) atoms. The molecule has 14 rings (SSSR count). The highest BCUT2D eigenvalue weighted by atomic mass is 32.2. The van der Waals surface area contributed by atoms with Crippen molar-refractivity contribution < 1.29 is 4.42 Å². The van der Waals surface area contributed by atoms with Crippen molar-refractivity contribution in [3.8, 4) is 33.4 Å². The van der Waals surface area contributed by atoms with Crippen LogP contribution in [0.25, 0.3) is 87.6 Å². The number of fused-ring (bicyclic) bond motifs is 8. The van der Waals surface area contributed by atoms with Crippen molar-refractivity contribution in [1.29, 1.82) is 0 Å². The minimum absolute atomic E-state index is 0.863. The summed E-state index contributed by atoms with van der Waals surface area (Å²) < 4.78 is 6.70. The van der Waals surface area contributed by atoms with Crippen molar-refractivity contribution in [3.05, 3.63) is 255 Å². The van der Waals surface area contributed by atoms with E-state index in [4.69, 9.17) is 4.42 Å². The van der Waals surface area contributed by atoms with Crippen molar-refractivity contribution >= 4 is 100 Å². The van der Waals surface area contributed by atoms with E-state index in [-0.39, 0.29) is 0 Å². The number of benzene rings is 12. The van der Waals surface area contributed by atoms with E-state index in [1.807, 2.05) is 17.8 Å². The molecule has 1 aliphatic heterocycles. The van der Waals surface area contributed by atoms with Crippen LogP contribution in [-0.4, -0.2) is 0 Å². The third kappa shape index (κ3) is 6.68. The van der Waals surface area contributed by atoms with Crippen LogP contribution < -0.4 is 9.80 Å². The van der Waals surface area contributed by atoms with E-state index in [1.54, 1.807) is 0 Å². The van der Waals surface area contributed by atoms with Gasteiger partial charge in [-0.1, -0.05) is 176 Å². The Labute approximate surface area is 410 Å². The second-order valence-electron chi connectivity index (χ2n) is 18.0. The molecule has 0 spiro atoms. The Bertz CT molecular complexity index is 4130. The summed E-state index contributed by atoms with van der Waals surface area (Å²) in [6.45, 7) is 0. The lowest BCUT2D eigenvalue weighted by molar-refractivity contribution is 0.669. The third-order valence-electron chi connectivity index (χ3n) is 14.0. The molecule has 0 saturated heterocycles. The van der Waals surface area contributed by atoms with Gasteiger partial charge in [-0.05, 0) is 146 Å². The molecule has 0 bridgehead atoms. The summed E-state index contributed by atoms with van der Waals surface area (Å²) in [5, 5.41) is 9.66. The highest BCUT2D eigenvalue weighted by molar-refractivity contribution is 7.99. The number of para-hydroxylation sites is 5. The lowest BCUT2D eigenvalue weighted by atomic mass is 9.90. The summed E-state index contributed by atoms with van der Waals surface area (Å²) in [4.78, 5) is 7.26. The predicted octanol–water partition coefficient (Wildman–Crippen LogP) is 19.5. The highest BCUT2D eigenvalue weighted by Gasteiger charge is 2.25.